The molecule has 0 unspecified atom stereocenters. The Balaban J connectivity index is 1.75. The van der Waals surface area contributed by atoms with Crippen LogP contribution in [0.15, 0.2) is 60.7 Å². The Hall–Kier alpha value is -1.21. The van der Waals surface area contributed by atoms with E-state index in [2.05, 4.69) is 72.0 Å². The first-order valence-electron chi connectivity index (χ1n) is 8.11. The molecule has 2 saturated heterocycles. The summed E-state index contributed by atoms with van der Waals surface area (Å²) in [5.41, 5.74) is 2.74. The highest BCUT2D eigenvalue weighted by Crippen LogP contribution is 2.56. The van der Waals surface area contributed by atoms with Gasteiger partial charge >= 0.3 is 0 Å². The van der Waals surface area contributed by atoms with Gasteiger partial charge in [-0.1, -0.05) is 60.7 Å². The van der Waals surface area contributed by atoms with Crippen LogP contribution in [-0.2, 0) is 4.52 Å². The van der Waals surface area contributed by atoms with Crippen LogP contribution in [0.3, 0.4) is 0 Å². The van der Waals surface area contributed by atoms with Gasteiger partial charge in [0.05, 0.1) is 6.10 Å². The highest BCUT2D eigenvalue weighted by atomic mass is 31.2. The topological polar surface area (TPSA) is 12.5 Å². The molecule has 3 heteroatoms. The molecule has 2 fully saturated rings. The number of nitrogens with zero attached hydrogens (tertiary/aromatic N) is 1. The van der Waals surface area contributed by atoms with Gasteiger partial charge in [-0.25, -0.2) is 0 Å². The second-order valence-electron chi connectivity index (χ2n) is 6.21. The molecule has 114 valence electrons. The molecule has 0 aromatic heterocycles. The normalized spacial score (nSPS) is 28.2. The van der Waals surface area contributed by atoms with E-state index in [-0.39, 0.29) is 6.10 Å². The summed E-state index contributed by atoms with van der Waals surface area (Å²) >= 11 is 0. The number of hydrogen-bond acceptors (Lipinski definition) is 2. The number of benzene rings is 2. The zero-order chi connectivity index (χ0) is 14.9. The van der Waals surface area contributed by atoms with E-state index >= 15 is 0 Å². The second kappa shape index (κ2) is 6.12. The molecule has 0 aliphatic carbocycles. The number of hydrogen-bond donors (Lipinski definition) is 0. The molecule has 0 saturated carbocycles. The molecule has 0 radical (unpaired) electrons. The average Bonchev–Trinajstić information content (AvgIpc) is 3.15. The molecule has 0 spiro atoms. The van der Waals surface area contributed by atoms with Gasteiger partial charge in [0.1, 0.15) is 8.30 Å². The fraction of sp³-hybridized carbons (Fsp3) is 0.368. The Morgan fingerprint density at radius 2 is 1.59 bits per heavy atom. The fourth-order valence-corrected chi connectivity index (χ4v) is 5.77. The van der Waals surface area contributed by atoms with E-state index in [1.54, 1.807) is 0 Å². The Morgan fingerprint density at radius 3 is 2.18 bits per heavy atom. The summed E-state index contributed by atoms with van der Waals surface area (Å²) in [7, 11) is -0.425. The third-order valence-electron chi connectivity index (χ3n) is 4.93. The zero-order valence-electron chi connectivity index (χ0n) is 12.9. The molecule has 2 aromatic rings. The van der Waals surface area contributed by atoms with Crippen LogP contribution in [0.25, 0.3) is 0 Å². The average molecular weight is 311 g/mol. The van der Waals surface area contributed by atoms with Gasteiger partial charge in [-0.15, -0.1) is 0 Å². The van der Waals surface area contributed by atoms with Crippen molar-refractivity contribution in [2.75, 3.05) is 13.2 Å². The predicted molar refractivity (Wildman–Crippen MR) is 92.2 cm³/mol. The van der Waals surface area contributed by atoms with E-state index in [1.807, 2.05) is 0 Å². The van der Waals surface area contributed by atoms with E-state index in [0.717, 1.165) is 0 Å². The summed E-state index contributed by atoms with van der Waals surface area (Å²) in [6.07, 6.45) is 2.87. The van der Waals surface area contributed by atoms with Crippen LogP contribution in [0.1, 0.15) is 29.9 Å². The van der Waals surface area contributed by atoms with Crippen molar-refractivity contribution in [1.29, 1.82) is 0 Å². The first kappa shape index (κ1) is 14.4. The van der Waals surface area contributed by atoms with Gasteiger partial charge in [0, 0.05) is 18.5 Å². The fourth-order valence-electron chi connectivity index (χ4n) is 3.94. The molecule has 0 N–H and O–H groups in total. The third-order valence-corrected chi connectivity index (χ3v) is 6.70. The lowest BCUT2D eigenvalue weighted by atomic mass is 9.83. The highest BCUT2D eigenvalue weighted by molar-refractivity contribution is 7.49. The molecule has 0 amide bonds. The molecule has 2 aromatic carbocycles. The van der Waals surface area contributed by atoms with Gasteiger partial charge in [-0.2, -0.15) is 0 Å². The van der Waals surface area contributed by atoms with Gasteiger partial charge < -0.3 is 4.52 Å². The minimum Gasteiger partial charge on any atom is -0.338 e. The SMILES string of the molecule is C[P@@]1O[C@@H](C(c2ccccc2)c2ccccc2)[C@H]2CCCN21. The van der Waals surface area contributed by atoms with Crippen LogP contribution < -0.4 is 0 Å². The van der Waals surface area contributed by atoms with Crippen LogP contribution in [0.4, 0.5) is 0 Å². The predicted octanol–water partition coefficient (Wildman–Crippen LogP) is 4.62. The Labute approximate surface area is 134 Å². The molecule has 0 bridgehead atoms. The van der Waals surface area contributed by atoms with E-state index < -0.39 is 8.30 Å². The molecule has 4 rings (SSSR count). The monoisotopic (exact) mass is 311 g/mol. The summed E-state index contributed by atoms with van der Waals surface area (Å²) in [5, 5.41) is 0. The maximum Gasteiger partial charge on any atom is 0.101 e. The standard InChI is InChI=1S/C19H22NOP/c1-22-20-14-8-13-17(20)19(21-22)18(15-9-4-2-5-10-15)16-11-6-3-7-12-16/h2-7,9-12,17-19H,8,13-14H2,1H3/t17-,19-,22-/m1/s1. The van der Waals surface area contributed by atoms with Crippen LogP contribution in [0, 0.1) is 0 Å². The Morgan fingerprint density at radius 1 is 1.00 bits per heavy atom. The smallest absolute Gasteiger partial charge is 0.101 e. The summed E-state index contributed by atoms with van der Waals surface area (Å²) in [4.78, 5) is 0. The number of rotatable bonds is 3. The first-order valence-corrected chi connectivity index (χ1v) is 9.77. The van der Waals surface area contributed by atoms with Crippen molar-refractivity contribution in [2.45, 2.75) is 30.9 Å². The summed E-state index contributed by atoms with van der Waals surface area (Å²) in [6.45, 7) is 3.47. The molecule has 22 heavy (non-hydrogen) atoms. The van der Waals surface area contributed by atoms with Crippen molar-refractivity contribution in [3.63, 3.8) is 0 Å². The minimum atomic E-state index is -0.425. The van der Waals surface area contributed by atoms with Crippen molar-refractivity contribution in [3.8, 4) is 0 Å². The second-order valence-corrected chi connectivity index (χ2v) is 7.86. The lowest BCUT2D eigenvalue weighted by Gasteiger charge is -2.27. The lowest BCUT2D eigenvalue weighted by molar-refractivity contribution is 0.189. The van der Waals surface area contributed by atoms with Gasteiger partial charge in [0.15, 0.2) is 0 Å². The van der Waals surface area contributed by atoms with Crippen molar-refractivity contribution < 1.29 is 4.52 Å². The molecule has 2 nitrogen and oxygen atoms in total. The quantitative estimate of drug-likeness (QED) is 0.767. The number of fused-ring (bicyclic) bond motifs is 1. The van der Waals surface area contributed by atoms with Gasteiger partial charge in [0.2, 0.25) is 0 Å². The van der Waals surface area contributed by atoms with Crippen molar-refractivity contribution >= 4 is 8.30 Å². The van der Waals surface area contributed by atoms with Gasteiger partial charge in [0.25, 0.3) is 0 Å². The van der Waals surface area contributed by atoms with Gasteiger partial charge in [-0.3, -0.25) is 4.67 Å². The van der Waals surface area contributed by atoms with Crippen molar-refractivity contribution in [3.05, 3.63) is 71.8 Å². The molecular weight excluding hydrogens is 289 g/mol. The Kier molecular flexibility index (Phi) is 4.00. The van der Waals surface area contributed by atoms with Crippen molar-refractivity contribution in [1.82, 2.24) is 4.67 Å². The van der Waals surface area contributed by atoms with Crippen LogP contribution in [0.2, 0.25) is 0 Å². The minimum absolute atomic E-state index is 0.281. The molecule has 2 heterocycles. The van der Waals surface area contributed by atoms with Crippen LogP contribution >= 0.6 is 8.30 Å². The van der Waals surface area contributed by atoms with E-state index in [9.17, 15) is 0 Å². The first-order chi connectivity index (χ1) is 10.8. The largest absolute Gasteiger partial charge is 0.338 e. The molecule has 2 aliphatic heterocycles. The van der Waals surface area contributed by atoms with E-state index in [4.69, 9.17) is 4.52 Å². The van der Waals surface area contributed by atoms with Crippen LogP contribution in [0.5, 0.6) is 0 Å². The molecule has 3 atom stereocenters. The maximum absolute atomic E-state index is 6.49. The summed E-state index contributed by atoms with van der Waals surface area (Å²) < 4.78 is 9.10. The van der Waals surface area contributed by atoms with Gasteiger partial charge in [-0.05, 0) is 30.6 Å². The van der Waals surface area contributed by atoms with E-state index in [0.29, 0.717) is 12.0 Å². The van der Waals surface area contributed by atoms with E-state index in [1.165, 1.54) is 30.5 Å². The van der Waals surface area contributed by atoms with Crippen molar-refractivity contribution in [2.24, 2.45) is 0 Å². The third kappa shape index (κ3) is 2.50. The summed E-state index contributed by atoms with van der Waals surface area (Å²) in [6, 6.07) is 22.3. The van der Waals surface area contributed by atoms with Crippen LogP contribution in [-0.4, -0.2) is 30.0 Å². The molecule has 2 aliphatic rings. The zero-order valence-corrected chi connectivity index (χ0v) is 13.8. The maximum atomic E-state index is 6.49. The highest BCUT2D eigenvalue weighted by Gasteiger charge is 2.47. The molecular formula is C19H22NOP. The summed E-state index contributed by atoms with van der Waals surface area (Å²) in [5.74, 6) is 0.334. The Bertz CT molecular complexity index is 578. The lowest BCUT2D eigenvalue weighted by Crippen LogP contribution is -2.33.